The predicted molar refractivity (Wildman–Crippen MR) is 127 cm³/mol. The van der Waals surface area contributed by atoms with Gasteiger partial charge in [-0.3, -0.25) is 9.78 Å². The molecule has 4 rings (SSSR count). The first-order valence-electron chi connectivity index (χ1n) is 11.8. The first kappa shape index (κ1) is 29.5. The minimum Gasteiger partial charge on any atom is -0.298 e. The second kappa shape index (κ2) is 11.2. The van der Waals surface area contributed by atoms with E-state index in [2.05, 4.69) is 15.0 Å². The Balaban J connectivity index is 1.57. The number of rotatable bonds is 8. The van der Waals surface area contributed by atoms with Gasteiger partial charge in [-0.25, -0.2) is 35.9 Å². The molecule has 1 fully saturated rings. The van der Waals surface area contributed by atoms with Gasteiger partial charge in [0.25, 0.3) is 6.43 Å². The third-order valence-electron chi connectivity index (χ3n) is 6.51. The molecule has 0 unspecified atom stereocenters. The molecule has 3 atom stereocenters. The normalized spacial score (nSPS) is 20.3. The Kier molecular flexibility index (Phi) is 8.26. The van der Waals surface area contributed by atoms with Gasteiger partial charge in [0.1, 0.15) is 12.0 Å². The Bertz CT molecular complexity index is 1480. The number of ketones is 1. The van der Waals surface area contributed by atoms with Gasteiger partial charge >= 0.3 is 6.18 Å². The van der Waals surface area contributed by atoms with E-state index in [0.717, 1.165) is 53.2 Å². The summed E-state index contributed by atoms with van der Waals surface area (Å²) in [5.74, 6) is -2.79. The number of alkyl halides is 6. The van der Waals surface area contributed by atoms with Gasteiger partial charge in [0.2, 0.25) is 15.8 Å². The SMILES string of the molecule is C[C@H]1[C@H](F)C[C@@H](C(=O)CCc2cc(-c3cnc(C(F)(F)F)nc3)c(C(F)F)cn2)N1S(=O)(=O)c1ccc(F)cc1. The summed E-state index contributed by atoms with van der Waals surface area (Å²) in [6.45, 7) is 1.31. The quantitative estimate of drug-likeness (QED) is 0.330. The fraction of sp³-hybridized carbons (Fsp3) is 0.360. The summed E-state index contributed by atoms with van der Waals surface area (Å²) in [6.07, 6.45) is -8.14. The molecule has 15 heteroatoms. The molecule has 2 aromatic heterocycles. The highest BCUT2D eigenvalue weighted by atomic mass is 32.2. The zero-order valence-electron chi connectivity index (χ0n) is 20.6. The lowest BCUT2D eigenvalue weighted by atomic mass is 10.00. The molecule has 1 aromatic carbocycles. The lowest BCUT2D eigenvalue weighted by Crippen LogP contribution is -2.44. The van der Waals surface area contributed by atoms with Crippen LogP contribution < -0.4 is 0 Å². The molecule has 0 spiro atoms. The van der Waals surface area contributed by atoms with Crippen molar-refractivity contribution in [3.63, 3.8) is 0 Å². The molecule has 0 radical (unpaired) electrons. The topological polar surface area (TPSA) is 93.1 Å². The summed E-state index contributed by atoms with van der Waals surface area (Å²) in [4.78, 5) is 23.1. The average Bonchev–Trinajstić information content (AvgIpc) is 3.21. The highest BCUT2D eigenvalue weighted by molar-refractivity contribution is 7.89. The van der Waals surface area contributed by atoms with E-state index in [9.17, 15) is 43.9 Å². The molecule has 214 valence electrons. The second-order valence-electron chi connectivity index (χ2n) is 9.12. The van der Waals surface area contributed by atoms with Crippen LogP contribution in [0.1, 0.15) is 43.3 Å². The van der Waals surface area contributed by atoms with E-state index in [0.29, 0.717) is 0 Å². The van der Waals surface area contributed by atoms with Crippen LogP contribution in [-0.2, 0) is 27.4 Å². The number of benzene rings is 1. The molecule has 0 saturated carbocycles. The van der Waals surface area contributed by atoms with Gasteiger partial charge in [0, 0.05) is 48.3 Å². The monoisotopic (exact) mass is 590 g/mol. The zero-order valence-corrected chi connectivity index (χ0v) is 21.4. The van der Waals surface area contributed by atoms with Crippen LogP contribution in [0.2, 0.25) is 0 Å². The van der Waals surface area contributed by atoms with Gasteiger partial charge in [-0.2, -0.15) is 17.5 Å². The van der Waals surface area contributed by atoms with Gasteiger partial charge in [-0.15, -0.1) is 0 Å². The number of aromatic nitrogens is 3. The van der Waals surface area contributed by atoms with Crippen molar-refractivity contribution >= 4 is 15.8 Å². The van der Waals surface area contributed by atoms with Crippen LogP contribution in [0.3, 0.4) is 0 Å². The number of Topliss-reactive ketones (excluding diaryl/α,β-unsaturated/α-hetero) is 1. The van der Waals surface area contributed by atoms with Crippen LogP contribution in [0.25, 0.3) is 11.1 Å². The van der Waals surface area contributed by atoms with E-state index in [1.54, 1.807) is 0 Å². The Morgan fingerprint density at radius 2 is 1.70 bits per heavy atom. The number of sulfonamides is 1. The highest BCUT2D eigenvalue weighted by Crippen LogP contribution is 2.35. The molecule has 3 aromatic rings. The Morgan fingerprint density at radius 3 is 2.27 bits per heavy atom. The maximum Gasteiger partial charge on any atom is 0.451 e. The summed E-state index contributed by atoms with van der Waals surface area (Å²) >= 11 is 0. The summed E-state index contributed by atoms with van der Waals surface area (Å²) in [5, 5.41) is 0. The Hall–Kier alpha value is -3.46. The molecule has 0 N–H and O–H groups in total. The minimum absolute atomic E-state index is 0.100. The lowest BCUT2D eigenvalue weighted by molar-refractivity contribution is -0.145. The van der Waals surface area contributed by atoms with Crippen LogP contribution >= 0.6 is 0 Å². The molecule has 1 saturated heterocycles. The molecule has 7 nitrogen and oxygen atoms in total. The standard InChI is InChI=1S/C25H21F7N4O3S/c1-13-20(27)9-21(36(13)40(38,39)17-5-2-15(26)3-6-17)22(37)7-4-16-8-18(19(12-33-16)23(28)29)14-10-34-24(35-11-14)25(30,31)32/h2-3,5-6,8,10-13,20-21,23H,4,7,9H2,1H3/t13-,20+,21-/m0/s1. The summed E-state index contributed by atoms with van der Waals surface area (Å²) in [5.41, 5.74) is -0.831. The van der Waals surface area contributed by atoms with Crippen molar-refractivity contribution in [2.24, 2.45) is 0 Å². The Labute approximate surface area is 224 Å². The van der Waals surface area contributed by atoms with Crippen LogP contribution in [0.5, 0.6) is 0 Å². The number of carbonyl (C=O) groups is 1. The number of nitrogens with zero attached hydrogens (tertiary/aromatic N) is 4. The van der Waals surface area contributed by atoms with Crippen molar-refractivity contribution in [3.8, 4) is 11.1 Å². The van der Waals surface area contributed by atoms with Gasteiger partial charge < -0.3 is 0 Å². The molecular weight excluding hydrogens is 569 g/mol. The molecule has 0 bridgehead atoms. The van der Waals surface area contributed by atoms with E-state index in [1.165, 1.54) is 6.92 Å². The van der Waals surface area contributed by atoms with Crippen LogP contribution in [0.4, 0.5) is 30.7 Å². The zero-order chi connectivity index (χ0) is 29.4. The van der Waals surface area contributed by atoms with Crippen LogP contribution in [0.15, 0.2) is 53.8 Å². The number of aryl methyl sites for hydroxylation is 1. The van der Waals surface area contributed by atoms with Gasteiger partial charge in [0.15, 0.2) is 5.78 Å². The maximum atomic E-state index is 14.6. The number of carbonyl (C=O) groups excluding carboxylic acids is 1. The Morgan fingerprint density at radius 1 is 1.07 bits per heavy atom. The second-order valence-corrected chi connectivity index (χ2v) is 11.0. The number of hydrogen-bond donors (Lipinski definition) is 0. The third-order valence-corrected chi connectivity index (χ3v) is 8.52. The maximum absolute atomic E-state index is 14.6. The van der Waals surface area contributed by atoms with E-state index in [4.69, 9.17) is 0 Å². The third kappa shape index (κ3) is 5.99. The van der Waals surface area contributed by atoms with Crippen LogP contribution in [-0.4, -0.2) is 51.7 Å². The smallest absolute Gasteiger partial charge is 0.298 e. The molecular formula is C25H21F7N4O3S. The van der Waals surface area contributed by atoms with E-state index < -0.39 is 70.3 Å². The first-order valence-corrected chi connectivity index (χ1v) is 13.3. The largest absolute Gasteiger partial charge is 0.451 e. The summed E-state index contributed by atoms with van der Waals surface area (Å²) < 4.78 is 121. The molecule has 0 amide bonds. The van der Waals surface area contributed by atoms with Crippen molar-refractivity contribution in [1.82, 2.24) is 19.3 Å². The molecule has 3 heterocycles. The number of halogens is 7. The van der Waals surface area contributed by atoms with E-state index >= 15 is 0 Å². The molecule has 0 aliphatic carbocycles. The van der Waals surface area contributed by atoms with Gasteiger partial charge in [-0.05, 0) is 49.2 Å². The van der Waals surface area contributed by atoms with Crippen LogP contribution in [0, 0.1) is 5.82 Å². The average molecular weight is 591 g/mol. The number of hydrogen-bond acceptors (Lipinski definition) is 6. The minimum atomic E-state index is -4.83. The van der Waals surface area contributed by atoms with Crippen molar-refractivity contribution in [3.05, 3.63) is 71.8 Å². The highest BCUT2D eigenvalue weighted by Gasteiger charge is 2.48. The molecule has 40 heavy (non-hydrogen) atoms. The summed E-state index contributed by atoms with van der Waals surface area (Å²) in [6, 6.07) is 2.46. The van der Waals surface area contributed by atoms with Crippen molar-refractivity contribution < 1.29 is 43.9 Å². The predicted octanol–water partition coefficient (Wildman–Crippen LogP) is 5.33. The summed E-state index contributed by atoms with van der Waals surface area (Å²) in [7, 11) is -4.37. The van der Waals surface area contributed by atoms with Crippen molar-refractivity contribution in [2.75, 3.05) is 0 Å². The van der Waals surface area contributed by atoms with E-state index in [-0.39, 0.29) is 34.6 Å². The molecule has 1 aliphatic heterocycles. The number of pyridine rings is 1. The lowest BCUT2D eigenvalue weighted by Gasteiger charge is -2.26. The molecule has 1 aliphatic rings. The first-order chi connectivity index (χ1) is 18.7. The van der Waals surface area contributed by atoms with Crippen molar-refractivity contribution in [1.29, 1.82) is 0 Å². The fourth-order valence-electron chi connectivity index (χ4n) is 4.45. The van der Waals surface area contributed by atoms with E-state index in [1.807, 2.05) is 0 Å². The van der Waals surface area contributed by atoms with Gasteiger partial charge in [0.05, 0.1) is 17.0 Å². The van der Waals surface area contributed by atoms with Gasteiger partial charge in [-0.1, -0.05) is 0 Å². The van der Waals surface area contributed by atoms with Crippen molar-refractivity contribution in [2.45, 2.75) is 61.9 Å². The fourth-order valence-corrected chi connectivity index (χ4v) is 6.28.